The summed E-state index contributed by atoms with van der Waals surface area (Å²) in [5, 5.41) is 10.2. The van der Waals surface area contributed by atoms with Gasteiger partial charge in [0, 0.05) is 25.3 Å². The van der Waals surface area contributed by atoms with Crippen molar-refractivity contribution >= 4 is 33.9 Å². The summed E-state index contributed by atoms with van der Waals surface area (Å²) in [5.74, 6) is 0. The van der Waals surface area contributed by atoms with Crippen molar-refractivity contribution in [2.45, 2.75) is 50.2 Å². The first-order valence-electron chi connectivity index (χ1n) is 8.32. The fraction of sp³-hybridized carbons (Fsp3) is 0.529. The molecule has 2 N–H and O–H groups in total. The number of carbonyl (C=O) groups excluding carboxylic acids is 1. The fourth-order valence-electron chi connectivity index (χ4n) is 2.66. The van der Waals surface area contributed by atoms with Crippen molar-refractivity contribution in [3.8, 4) is 0 Å². The molecule has 1 fully saturated rings. The Balaban J connectivity index is 2.03. The van der Waals surface area contributed by atoms with E-state index in [9.17, 15) is 13.2 Å². The van der Waals surface area contributed by atoms with E-state index in [0.29, 0.717) is 18.4 Å². The van der Waals surface area contributed by atoms with Crippen LogP contribution in [-0.2, 0) is 14.8 Å². The predicted molar refractivity (Wildman–Crippen MR) is 100 cm³/mol. The number of carbonyl (C=O) groups is 1. The number of piperidine rings is 1. The van der Waals surface area contributed by atoms with E-state index in [0.717, 1.165) is 6.21 Å². The lowest BCUT2D eigenvalue weighted by molar-refractivity contribution is 0.0489. The molecule has 1 amide bonds. The number of ether oxygens (including phenoxy) is 1. The van der Waals surface area contributed by atoms with Crippen LogP contribution in [-0.4, -0.2) is 49.8 Å². The molecule has 26 heavy (non-hydrogen) atoms. The number of rotatable bonds is 4. The molecular weight excluding hydrogens is 378 g/mol. The summed E-state index contributed by atoms with van der Waals surface area (Å²) in [6.45, 7) is 5.90. The number of benzene rings is 1. The van der Waals surface area contributed by atoms with E-state index < -0.39 is 21.7 Å². The SMILES string of the molecule is CC(C)(C)OC(=O)NC1CCN(S(=O)(=O)c2cc(C=N)ccc2Cl)CC1. The molecule has 1 heterocycles. The van der Waals surface area contributed by atoms with Crippen molar-refractivity contribution < 1.29 is 17.9 Å². The van der Waals surface area contributed by atoms with Crippen molar-refractivity contribution in [1.29, 1.82) is 5.41 Å². The fourth-order valence-corrected chi connectivity index (χ4v) is 4.64. The van der Waals surface area contributed by atoms with Crippen LogP contribution in [0.5, 0.6) is 0 Å². The van der Waals surface area contributed by atoms with Gasteiger partial charge in [0.2, 0.25) is 10.0 Å². The quantitative estimate of drug-likeness (QED) is 0.757. The smallest absolute Gasteiger partial charge is 0.407 e. The van der Waals surface area contributed by atoms with Crippen LogP contribution in [0.15, 0.2) is 23.1 Å². The van der Waals surface area contributed by atoms with Crippen molar-refractivity contribution in [3.63, 3.8) is 0 Å². The number of halogens is 1. The molecule has 0 saturated carbocycles. The van der Waals surface area contributed by atoms with Crippen LogP contribution in [0, 0.1) is 5.41 Å². The minimum atomic E-state index is -3.75. The molecule has 0 radical (unpaired) electrons. The number of hydrogen-bond donors (Lipinski definition) is 2. The molecule has 0 unspecified atom stereocenters. The third-order valence-corrected chi connectivity index (χ3v) is 6.29. The number of nitrogens with one attached hydrogen (secondary N) is 2. The van der Waals surface area contributed by atoms with E-state index in [1.165, 1.54) is 16.4 Å². The second-order valence-electron chi connectivity index (χ2n) is 7.16. The van der Waals surface area contributed by atoms with Gasteiger partial charge in [-0.05, 0) is 51.3 Å². The number of amides is 1. The maximum Gasteiger partial charge on any atom is 0.407 e. The van der Waals surface area contributed by atoms with Gasteiger partial charge < -0.3 is 15.5 Å². The predicted octanol–water partition coefficient (Wildman–Crippen LogP) is 3.02. The highest BCUT2D eigenvalue weighted by Crippen LogP contribution is 2.27. The maximum absolute atomic E-state index is 12.8. The third-order valence-electron chi connectivity index (χ3n) is 3.91. The third kappa shape index (κ3) is 5.18. The summed E-state index contributed by atoms with van der Waals surface area (Å²) in [7, 11) is -3.75. The zero-order chi connectivity index (χ0) is 19.5. The number of nitrogens with zero attached hydrogens (tertiary/aromatic N) is 1. The van der Waals surface area contributed by atoms with Gasteiger partial charge in [-0.1, -0.05) is 17.7 Å². The van der Waals surface area contributed by atoms with Gasteiger partial charge in [-0.15, -0.1) is 0 Å². The summed E-state index contributed by atoms with van der Waals surface area (Å²) in [6.07, 6.45) is 1.55. The highest BCUT2D eigenvalue weighted by atomic mass is 35.5. The second-order valence-corrected chi connectivity index (χ2v) is 9.47. The number of alkyl carbamates (subject to hydrolysis) is 1. The normalized spacial score (nSPS) is 16.9. The van der Waals surface area contributed by atoms with Gasteiger partial charge in [0.15, 0.2) is 0 Å². The molecule has 1 aliphatic heterocycles. The van der Waals surface area contributed by atoms with Gasteiger partial charge in [-0.2, -0.15) is 4.31 Å². The Bertz CT molecular complexity index is 782. The zero-order valence-electron chi connectivity index (χ0n) is 15.1. The lowest BCUT2D eigenvalue weighted by Crippen LogP contribution is -2.47. The summed E-state index contributed by atoms with van der Waals surface area (Å²) >= 11 is 6.06. The van der Waals surface area contributed by atoms with Gasteiger partial charge in [0.25, 0.3) is 0 Å². The van der Waals surface area contributed by atoms with Gasteiger partial charge >= 0.3 is 6.09 Å². The van der Waals surface area contributed by atoms with Crippen molar-refractivity contribution in [2.75, 3.05) is 13.1 Å². The van der Waals surface area contributed by atoms with Gasteiger partial charge in [-0.25, -0.2) is 13.2 Å². The van der Waals surface area contributed by atoms with Crippen LogP contribution < -0.4 is 5.32 Å². The minimum Gasteiger partial charge on any atom is -0.444 e. The molecule has 0 bridgehead atoms. The average molecular weight is 402 g/mol. The molecule has 1 aliphatic rings. The van der Waals surface area contributed by atoms with E-state index in [1.807, 2.05) is 0 Å². The number of hydrogen-bond acceptors (Lipinski definition) is 5. The van der Waals surface area contributed by atoms with Crippen molar-refractivity contribution in [3.05, 3.63) is 28.8 Å². The van der Waals surface area contributed by atoms with E-state index in [4.69, 9.17) is 21.7 Å². The molecule has 1 saturated heterocycles. The Morgan fingerprint density at radius 2 is 1.96 bits per heavy atom. The first kappa shape index (κ1) is 20.7. The monoisotopic (exact) mass is 401 g/mol. The van der Waals surface area contributed by atoms with Crippen molar-refractivity contribution in [2.24, 2.45) is 0 Å². The number of sulfonamides is 1. The molecule has 144 valence electrons. The van der Waals surface area contributed by atoms with E-state index in [2.05, 4.69) is 5.32 Å². The summed E-state index contributed by atoms with van der Waals surface area (Å²) < 4.78 is 32.3. The summed E-state index contributed by atoms with van der Waals surface area (Å²) in [6, 6.07) is 4.33. The second kappa shape index (κ2) is 7.94. The Hall–Kier alpha value is -1.64. The lowest BCUT2D eigenvalue weighted by atomic mass is 10.1. The first-order valence-corrected chi connectivity index (χ1v) is 10.1. The summed E-state index contributed by atoms with van der Waals surface area (Å²) in [5.41, 5.74) is -0.112. The van der Waals surface area contributed by atoms with Gasteiger partial charge in [0.05, 0.1) is 5.02 Å². The molecule has 7 nitrogen and oxygen atoms in total. The van der Waals surface area contributed by atoms with Crippen molar-refractivity contribution in [1.82, 2.24) is 9.62 Å². The molecule has 2 rings (SSSR count). The molecule has 0 aliphatic carbocycles. The van der Waals surface area contributed by atoms with E-state index >= 15 is 0 Å². The lowest BCUT2D eigenvalue weighted by Gasteiger charge is -2.32. The standard InChI is InChI=1S/C17H24ClN3O4S/c1-17(2,3)25-16(22)20-13-6-8-21(9-7-13)26(23,24)15-10-12(11-19)4-5-14(15)18/h4-5,10-11,13,19H,6-9H2,1-3H3,(H,20,22). The molecule has 0 aromatic heterocycles. The average Bonchev–Trinajstić information content (AvgIpc) is 2.53. The maximum atomic E-state index is 12.8. The summed E-state index contributed by atoms with van der Waals surface area (Å²) in [4.78, 5) is 11.8. The zero-order valence-corrected chi connectivity index (χ0v) is 16.7. The molecule has 9 heteroatoms. The molecule has 1 aromatic rings. The van der Waals surface area contributed by atoms with Crippen LogP contribution in [0.4, 0.5) is 4.79 Å². The van der Waals surface area contributed by atoms with E-state index in [-0.39, 0.29) is 29.0 Å². The van der Waals surface area contributed by atoms with E-state index in [1.54, 1.807) is 26.8 Å². The topological polar surface area (TPSA) is 99.6 Å². The molecule has 0 spiro atoms. The van der Waals surface area contributed by atoms with Gasteiger partial charge in [0.1, 0.15) is 10.5 Å². The Morgan fingerprint density at radius 3 is 2.50 bits per heavy atom. The van der Waals surface area contributed by atoms with Gasteiger partial charge in [-0.3, -0.25) is 0 Å². The Morgan fingerprint density at radius 1 is 1.35 bits per heavy atom. The minimum absolute atomic E-state index is 0.00119. The highest BCUT2D eigenvalue weighted by Gasteiger charge is 2.32. The van der Waals surface area contributed by atoms with Crippen LogP contribution in [0.2, 0.25) is 5.02 Å². The molecular formula is C17H24ClN3O4S. The molecule has 0 atom stereocenters. The molecule has 1 aromatic carbocycles. The first-order chi connectivity index (χ1) is 12.0. The van der Waals surface area contributed by atoms with Crippen LogP contribution in [0.1, 0.15) is 39.2 Å². The Labute approximate surface area is 159 Å². The largest absolute Gasteiger partial charge is 0.444 e. The van der Waals surface area contributed by atoms with Crippen LogP contribution >= 0.6 is 11.6 Å². The highest BCUT2D eigenvalue weighted by molar-refractivity contribution is 7.89. The Kier molecular flexibility index (Phi) is 6.31. The van der Waals surface area contributed by atoms with Crippen LogP contribution in [0.25, 0.3) is 0 Å². The van der Waals surface area contributed by atoms with Crippen LogP contribution in [0.3, 0.4) is 0 Å².